The molecule has 0 radical (unpaired) electrons. The molecule has 0 saturated heterocycles. The SMILES string of the molecule is CCS(=O)(=O)NC1CCc2ncn(C(C)C)c(=O)c2C1Cc1cccc(-c2cc(C)ccn2)c1. The summed E-state index contributed by atoms with van der Waals surface area (Å²) in [5.74, 6) is -0.307. The van der Waals surface area contributed by atoms with Gasteiger partial charge in [-0.25, -0.2) is 18.1 Å². The molecule has 0 aliphatic heterocycles. The van der Waals surface area contributed by atoms with Crippen molar-refractivity contribution in [2.45, 2.75) is 65.0 Å². The van der Waals surface area contributed by atoms with Crippen molar-refractivity contribution < 1.29 is 8.42 Å². The van der Waals surface area contributed by atoms with E-state index in [9.17, 15) is 13.2 Å². The van der Waals surface area contributed by atoms with Gasteiger partial charge in [0.15, 0.2) is 0 Å². The summed E-state index contributed by atoms with van der Waals surface area (Å²) in [6.45, 7) is 7.55. The summed E-state index contributed by atoms with van der Waals surface area (Å²) in [6.07, 6.45) is 5.12. The summed E-state index contributed by atoms with van der Waals surface area (Å²) >= 11 is 0. The smallest absolute Gasteiger partial charge is 0.257 e. The first-order valence-electron chi connectivity index (χ1n) is 11.8. The second kappa shape index (κ2) is 9.80. The van der Waals surface area contributed by atoms with Crippen molar-refractivity contribution in [3.63, 3.8) is 0 Å². The lowest BCUT2D eigenvalue weighted by Gasteiger charge is -2.33. The third-order valence-electron chi connectivity index (χ3n) is 6.52. The van der Waals surface area contributed by atoms with Gasteiger partial charge in [0.1, 0.15) is 0 Å². The van der Waals surface area contributed by atoms with Crippen LogP contribution in [-0.4, -0.2) is 34.7 Å². The quantitative estimate of drug-likeness (QED) is 0.556. The maximum Gasteiger partial charge on any atom is 0.257 e. The summed E-state index contributed by atoms with van der Waals surface area (Å²) < 4.78 is 29.5. The lowest BCUT2D eigenvalue weighted by molar-refractivity contribution is 0.412. The first-order valence-corrected chi connectivity index (χ1v) is 13.5. The van der Waals surface area contributed by atoms with Crippen LogP contribution in [0.5, 0.6) is 0 Å². The van der Waals surface area contributed by atoms with E-state index in [1.807, 2.05) is 51.1 Å². The molecule has 0 amide bonds. The monoisotopic (exact) mass is 480 g/mol. The third kappa shape index (κ3) is 5.13. The highest BCUT2D eigenvalue weighted by molar-refractivity contribution is 7.89. The number of fused-ring (bicyclic) bond motifs is 1. The highest BCUT2D eigenvalue weighted by Crippen LogP contribution is 2.33. The maximum absolute atomic E-state index is 13.5. The van der Waals surface area contributed by atoms with Gasteiger partial charge in [0.2, 0.25) is 10.0 Å². The van der Waals surface area contributed by atoms with Crippen molar-refractivity contribution in [2.75, 3.05) is 5.75 Å². The minimum Gasteiger partial charge on any atom is -0.296 e. The molecule has 0 fully saturated rings. The Labute approximate surface area is 201 Å². The highest BCUT2D eigenvalue weighted by Gasteiger charge is 2.35. The molecule has 8 heteroatoms. The number of hydrogen-bond acceptors (Lipinski definition) is 5. The van der Waals surface area contributed by atoms with E-state index < -0.39 is 10.0 Å². The van der Waals surface area contributed by atoms with Crippen molar-refractivity contribution in [3.8, 4) is 11.3 Å². The Balaban J connectivity index is 1.78. The molecule has 1 aliphatic rings. The molecule has 34 heavy (non-hydrogen) atoms. The van der Waals surface area contributed by atoms with Gasteiger partial charge in [-0.3, -0.25) is 14.3 Å². The maximum atomic E-state index is 13.5. The normalized spacial score (nSPS) is 18.1. The lowest BCUT2D eigenvalue weighted by Crippen LogP contribution is -2.46. The van der Waals surface area contributed by atoms with Gasteiger partial charge >= 0.3 is 0 Å². The first-order chi connectivity index (χ1) is 16.2. The zero-order chi connectivity index (χ0) is 24.5. The van der Waals surface area contributed by atoms with Crippen LogP contribution in [0.3, 0.4) is 0 Å². The summed E-state index contributed by atoms with van der Waals surface area (Å²) in [7, 11) is -3.43. The van der Waals surface area contributed by atoms with Crippen LogP contribution in [0.25, 0.3) is 11.3 Å². The number of pyridine rings is 1. The molecule has 4 rings (SSSR count). The van der Waals surface area contributed by atoms with Crippen LogP contribution in [-0.2, 0) is 22.9 Å². The Hall–Kier alpha value is -2.84. The van der Waals surface area contributed by atoms with Crippen molar-refractivity contribution in [2.24, 2.45) is 0 Å². The van der Waals surface area contributed by atoms with E-state index in [-0.39, 0.29) is 29.3 Å². The van der Waals surface area contributed by atoms with Gasteiger partial charge in [0.05, 0.1) is 23.5 Å². The lowest BCUT2D eigenvalue weighted by atomic mass is 9.78. The highest BCUT2D eigenvalue weighted by atomic mass is 32.2. The number of rotatable bonds is 7. The number of aromatic nitrogens is 3. The van der Waals surface area contributed by atoms with Gasteiger partial charge in [-0.1, -0.05) is 18.2 Å². The Morgan fingerprint density at radius 1 is 1.18 bits per heavy atom. The Kier molecular flexibility index (Phi) is 7.00. The Morgan fingerprint density at radius 2 is 1.97 bits per heavy atom. The van der Waals surface area contributed by atoms with Gasteiger partial charge in [0, 0.05) is 35.3 Å². The zero-order valence-electron chi connectivity index (χ0n) is 20.2. The minimum atomic E-state index is -3.43. The van der Waals surface area contributed by atoms with Crippen LogP contribution in [0.2, 0.25) is 0 Å². The predicted molar refractivity (Wildman–Crippen MR) is 134 cm³/mol. The van der Waals surface area contributed by atoms with Crippen molar-refractivity contribution >= 4 is 10.0 Å². The van der Waals surface area contributed by atoms with Crippen molar-refractivity contribution in [1.29, 1.82) is 0 Å². The van der Waals surface area contributed by atoms with Gasteiger partial charge in [-0.15, -0.1) is 0 Å². The molecule has 2 heterocycles. The molecule has 1 aliphatic carbocycles. The van der Waals surface area contributed by atoms with Crippen LogP contribution >= 0.6 is 0 Å². The number of benzene rings is 1. The Bertz CT molecular complexity index is 1350. The average Bonchev–Trinajstić information content (AvgIpc) is 2.80. The van der Waals surface area contributed by atoms with E-state index >= 15 is 0 Å². The first kappa shape index (κ1) is 24.3. The molecule has 3 aromatic rings. The minimum absolute atomic E-state index is 0.000849. The van der Waals surface area contributed by atoms with E-state index in [4.69, 9.17) is 0 Å². The zero-order valence-corrected chi connectivity index (χ0v) is 21.0. The molecule has 2 atom stereocenters. The molecule has 2 aromatic heterocycles. The third-order valence-corrected chi connectivity index (χ3v) is 7.95. The van der Waals surface area contributed by atoms with Crippen LogP contribution in [0.4, 0.5) is 0 Å². The number of sulfonamides is 1. The molecule has 0 spiro atoms. The van der Waals surface area contributed by atoms with E-state index in [0.29, 0.717) is 24.8 Å². The number of aryl methyl sites for hydroxylation is 2. The summed E-state index contributed by atoms with van der Waals surface area (Å²) in [5.41, 5.74) is 5.36. The fourth-order valence-corrected chi connectivity index (χ4v) is 5.57. The molecular weight excluding hydrogens is 448 g/mol. The standard InChI is InChI=1S/C26H32N4O3S/c1-5-34(32,33)29-22-9-10-23-25(26(31)30(16-28-23)17(2)3)21(22)15-19-7-6-8-20(14-19)24-13-18(4)11-12-27-24/h6-8,11-14,16-17,21-22,29H,5,9-10,15H2,1-4H3. The molecule has 1 N–H and O–H groups in total. The predicted octanol–water partition coefficient (Wildman–Crippen LogP) is 3.78. The van der Waals surface area contributed by atoms with Gasteiger partial charge in [-0.05, 0) is 76.3 Å². The molecule has 0 bridgehead atoms. The van der Waals surface area contributed by atoms with Crippen LogP contribution < -0.4 is 10.3 Å². The molecule has 7 nitrogen and oxygen atoms in total. The van der Waals surface area contributed by atoms with Gasteiger partial charge in [0.25, 0.3) is 5.56 Å². The van der Waals surface area contributed by atoms with Crippen LogP contribution in [0.15, 0.2) is 53.7 Å². The van der Waals surface area contributed by atoms with E-state index in [1.165, 1.54) is 0 Å². The molecule has 2 unspecified atom stereocenters. The van der Waals surface area contributed by atoms with Crippen molar-refractivity contribution in [1.82, 2.24) is 19.3 Å². The summed E-state index contributed by atoms with van der Waals surface area (Å²) in [4.78, 5) is 22.6. The fraction of sp³-hybridized carbons (Fsp3) is 0.423. The van der Waals surface area contributed by atoms with Crippen LogP contribution in [0, 0.1) is 6.92 Å². The molecule has 180 valence electrons. The molecule has 0 saturated carbocycles. The molecular formula is C26H32N4O3S. The second-order valence-corrected chi connectivity index (χ2v) is 11.3. The van der Waals surface area contributed by atoms with E-state index in [2.05, 4.69) is 20.8 Å². The van der Waals surface area contributed by atoms with Gasteiger partial charge in [-0.2, -0.15) is 0 Å². The topological polar surface area (TPSA) is 94.0 Å². The summed E-state index contributed by atoms with van der Waals surface area (Å²) in [5, 5.41) is 0. The fourth-order valence-electron chi connectivity index (χ4n) is 4.66. The van der Waals surface area contributed by atoms with Crippen LogP contribution in [0.1, 0.15) is 61.5 Å². The Morgan fingerprint density at radius 3 is 2.68 bits per heavy atom. The van der Waals surface area contributed by atoms with E-state index in [1.54, 1.807) is 24.0 Å². The van der Waals surface area contributed by atoms with Crippen molar-refractivity contribution in [3.05, 3.63) is 81.7 Å². The second-order valence-electron chi connectivity index (χ2n) is 9.31. The number of nitrogens with one attached hydrogen (secondary N) is 1. The largest absolute Gasteiger partial charge is 0.296 e. The van der Waals surface area contributed by atoms with Gasteiger partial charge < -0.3 is 0 Å². The summed E-state index contributed by atoms with van der Waals surface area (Å²) in [6, 6.07) is 11.7. The van der Waals surface area contributed by atoms with E-state index in [0.717, 1.165) is 28.1 Å². The number of hydrogen-bond donors (Lipinski definition) is 1. The number of nitrogens with zero attached hydrogens (tertiary/aromatic N) is 3. The average molecular weight is 481 g/mol. The molecule has 1 aromatic carbocycles.